The van der Waals surface area contributed by atoms with Crippen LogP contribution in [0.15, 0.2) is 43.0 Å². The highest BCUT2D eigenvalue weighted by Crippen LogP contribution is 2.14. The average molecular weight is 319 g/mol. The quantitative estimate of drug-likeness (QED) is 0.690. The second-order valence-corrected chi connectivity index (χ2v) is 5.70. The SMILES string of the molecule is CSCC[C@@H](C(=O)NCCNc1ncccn1)n1cccc1. The van der Waals surface area contributed by atoms with E-state index < -0.39 is 0 Å². The first-order valence-corrected chi connectivity index (χ1v) is 8.60. The summed E-state index contributed by atoms with van der Waals surface area (Å²) in [5, 5.41) is 6.03. The summed E-state index contributed by atoms with van der Waals surface area (Å²) in [5.74, 6) is 1.56. The van der Waals surface area contributed by atoms with E-state index in [1.807, 2.05) is 29.1 Å². The van der Waals surface area contributed by atoms with Crippen molar-refractivity contribution in [3.8, 4) is 0 Å². The van der Waals surface area contributed by atoms with Crippen LogP contribution in [-0.2, 0) is 4.79 Å². The lowest BCUT2D eigenvalue weighted by atomic mass is 10.2. The van der Waals surface area contributed by atoms with E-state index in [0.717, 1.165) is 12.2 Å². The zero-order valence-electron chi connectivity index (χ0n) is 12.6. The van der Waals surface area contributed by atoms with Crippen LogP contribution in [0.2, 0.25) is 0 Å². The van der Waals surface area contributed by atoms with E-state index in [9.17, 15) is 4.79 Å². The third-order valence-electron chi connectivity index (χ3n) is 3.16. The molecule has 0 saturated carbocycles. The molecule has 2 aromatic heterocycles. The highest BCUT2D eigenvalue weighted by Gasteiger charge is 2.18. The van der Waals surface area contributed by atoms with Crippen LogP contribution in [0.4, 0.5) is 5.95 Å². The number of amides is 1. The van der Waals surface area contributed by atoms with E-state index in [0.29, 0.717) is 19.0 Å². The lowest BCUT2D eigenvalue weighted by Crippen LogP contribution is -2.35. The predicted octanol–water partition coefficient (Wildman–Crippen LogP) is 1.80. The normalized spacial score (nSPS) is 11.9. The van der Waals surface area contributed by atoms with Gasteiger partial charge in [-0.25, -0.2) is 9.97 Å². The largest absolute Gasteiger partial charge is 0.353 e. The number of aromatic nitrogens is 3. The minimum atomic E-state index is -0.157. The van der Waals surface area contributed by atoms with Crippen molar-refractivity contribution in [3.05, 3.63) is 43.0 Å². The first-order chi connectivity index (χ1) is 10.8. The first-order valence-electron chi connectivity index (χ1n) is 7.21. The van der Waals surface area contributed by atoms with E-state index in [1.54, 1.807) is 30.2 Å². The van der Waals surface area contributed by atoms with E-state index in [-0.39, 0.29) is 11.9 Å². The van der Waals surface area contributed by atoms with Gasteiger partial charge in [0.25, 0.3) is 0 Å². The van der Waals surface area contributed by atoms with Crippen molar-refractivity contribution < 1.29 is 4.79 Å². The van der Waals surface area contributed by atoms with Crippen molar-refractivity contribution in [2.45, 2.75) is 12.5 Å². The van der Waals surface area contributed by atoms with Gasteiger partial charge in [-0.15, -0.1) is 0 Å². The molecule has 0 spiro atoms. The van der Waals surface area contributed by atoms with Crippen molar-refractivity contribution in [2.24, 2.45) is 0 Å². The molecule has 0 aliphatic heterocycles. The smallest absolute Gasteiger partial charge is 0.243 e. The van der Waals surface area contributed by atoms with Gasteiger partial charge >= 0.3 is 0 Å². The van der Waals surface area contributed by atoms with Crippen LogP contribution < -0.4 is 10.6 Å². The summed E-state index contributed by atoms with van der Waals surface area (Å²) in [6, 6.07) is 5.48. The highest BCUT2D eigenvalue weighted by atomic mass is 32.2. The zero-order chi connectivity index (χ0) is 15.6. The van der Waals surface area contributed by atoms with Gasteiger partial charge in [0, 0.05) is 37.9 Å². The molecule has 2 rings (SSSR count). The maximum Gasteiger partial charge on any atom is 0.243 e. The Balaban J connectivity index is 1.78. The molecule has 7 heteroatoms. The number of nitrogens with zero attached hydrogens (tertiary/aromatic N) is 3. The maximum atomic E-state index is 12.4. The van der Waals surface area contributed by atoms with Crippen LogP contribution in [0.1, 0.15) is 12.5 Å². The second kappa shape index (κ2) is 9.09. The summed E-state index contributed by atoms with van der Waals surface area (Å²) in [4.78, 5) is 20.5. The molecule has 0 fully saturated rings. The van der Waals surface area contributed by atoms with Crippen molar-refractivity contribution in [1.82, 2.24) is 19.9 Å². The molecule has 1 amide bonds. The average Bonchev–Trinajstić information content (AvgIpc) is 3.07. The number of nitrogens with one attached hydrogen (secondary N) is 2. The summed E-state index contributed by atoms with van der Waals surface area (Å²) in [7, 11) is 0. The third kappa shape index (κ3) is 5.07. The molecule has 118 valence electrons. The number of thioether (sulfide) groups is 1. The zero-order valence-corrected chi connectivity index (χ0v) is 13.4. The number of hydrogen-bond acceptors (Lipinski definition) is 5. The Bertz CT molecular complexity index is 546. The molecule has 0 aliphatic carbocycles. The Hall–Kier alpha value is -2.02. The van der Waals surface area contributed by atoms with Gasteiger partial charge in [0.2, 0.25) is 11.9 Å². The van der Waals surface area contributed by atoms with Gasteiger partial charge in [-0.2, -0.15) is 11.8 Å². The summed E-state index contributed by atoms with van der Waals surface area (Å²) in [6.07, 6.45) is 10.1. The second-order valence-electron chi connectivity index (χ2n) is 4.72. The summed E-state index contributed by atoms with van der Waals surface area (Å²) in [5.41, 5.74) is 0. The van der Waals surface area contributed by atoms with E-state index in [4.69, 9.17) is 0 Å². The Morgan fingerprint density at radius 2 is 1.95 bits per heavy atom. The number of carbonyl (C=O) groups is 1. The predicted molar refractivity (Wildman–Crippen MR) is 90.0 cm³/mol. The Morgan fingerprint density at radius 1 is 1.23 bits per heavy atom. The Morgan fingerprint density at radius 3 is 2.64 bits per heavy atom. The number of hydrogen-bond donors (Lipinski definition) is 2. The summed E-state index contributed by atoms with van der Waals surface area (Å²) >= 11 is 1.75. The van der Waals surface area contributed by atoms with Crippen molar-refractivity contribution in [1.29, 1.82) is 0 Å². The van der Waals surface area contributed by atoms with Crippen LogP contribution in [0, 0.1) is 0 Å². The molecule has 22 heavy (non-hydrogen) atoms. The molecule has 6 nitrogen and oxygen atoms in total. The molecule has 0 aromatic carbocycles. The van der Waals surface area contributed by atoms with E-state index in [2.05, 4.69) is 26.9 Å². The fraction of sp³-hybridized carbons (Fsp3) is 0.400. The van der Waals surface area contributed by atoms with Crippen LogP contribution in [0.25, 0.3) is 0 Å². The van der Waals surface area contributed by atoms with E-state index in [1.165, 1.54) is 0 Å². The van der Waals surface area contributed by atoms with Crippen molar-refractivity contribution in [2.75, 3.05) is 30.4 Å². The third-order valence-corrected chi connectivity index (χ3v) is 3.80. The van der Waals surface area contributed by atoms with Crippen molar-refractivity contribution in [3.63, 3.8) is 0 Å². The molecule has 2 N–H and O–H groups in total. The highest BCUT2D eigenvalue weighted by molar-refractivity contribution is 7.98. The lowest BCUT2D eigenvalue weighted by Gasteiger charge is -2.18. The molecule has 0 bridgehead atoms. The van der Waals surface area contributed by atoms with Gasteiger partial charge in [0.15, 0.2) is 0 Å². The van der Waals surface area contributed by atoms with Gasteiger partial charge in [0.1, 0.15) is 6.04 Å². The molecule has 0 aliphatic rings. The topological polar surface area (TPSA) is 71.8 Å². The van der Waals surface area contributed by atoms with Crippen molar-refractivity contribution >= 4 is 23.6 Å². The molecule has 0 radical (unpaired) electrons. The van der Waals surface area contributed by atoms with E-state index >= 15 is 0 Å². The minimum Gasteiger partial charge on any atom is -0.353 e. The van der Waals surface area contributed by atoms with Crippen LogP contribution in [0.3, 0.4) is 0 Å². The number of anilines is 1. The molecule has 0 saturated heterocycles. The maximum absolute atomic E-state index is 12.4. The number of rotatable bonds is 9. The van der Waals surface area contributed by atoms with Crippen LogP contribution >= 0.6 is 11.8 Å². The molecular weight excluding hydrogens is 298 g/mol. The van der Waals surface area contributed by atoms with Crippen LogP contribution in [-0.4, -0.2) is 45.5 Å². The molecular formula is C15H21N5OS. The minimum absolute atomic E-state index is 0.0426. The number of carbonyl (C=O) groups excluding carboxylic acids is 1. The van der Waals surface area contributed by atoms with Gasteiger partial charge in [-0.3, -0.25) is 4.79 Å². The van der Waals surface area contributed by atoms with Gasteiger partial charge in [-0.1, -0.05) is 0 Å². The molecule has 0 unspecified atom stereocenters. The van der Waals surface area contributed by atoms with Gasteiger partial charge in [-0.05, 0) is 36.6 Å². The van der Waals surface area contributed by atoms with Crippen LogP contribution in [0.5, 0.6) is 0 Å². The fourth-order valence-corrected chi connectivity index (χ4v) is 2.53. The lowest BCUT2D eigenvalue weighted by molar-refractivity contribution is -0.124. The van der Waals surface area contributed by atoms with Gasteiger partial charge < -0.3 is 15.2 Å². The summed E-state index contributed by atoms with van der Waals surface area (Å²) in [6.45, 7) is 1.13. The monoisotopic (exact) mass is 319 g/mol. The molecule has 2 heterocycles. The Labute approximate surface area is 134 Å². The molecule has 2 aromatic rings. The fourth-order valence-electron chi connectivity index (χ4n) is 2.07. The first kappa shape index (κ1) is 16.4. The molecule has 1 atom stereocenters. The standard InChI is InChI=1S/C15H21N5OS/c1-22-12-5-13(20-10-2-3-11-20)14(21)16-8-9-19-15-17-6-4-7-18-15/h2-4,6-7,10-11,13H,5,8-9,12H2,1H3,(H,16,21)(H,17,18,19)/t13-/m0/s1. The Kier molecular flexibility index (Phi) is 6.76. The van der Waals surface area contributed by atoms with Gasteiger partial charge in [0.05, 0.1) is 0 Å². The summed E-state index contributed by atoms with van der Waals surface area (Å²) < 4.78 is 1.96.